The Labute approximate surface area is 170 Å². The highest BCUT2D eigenvalue weighted by Crippen LogP contribution is 2.40. The fraction of sp³-hybridized carbons (Fsp3) is 0.333. The van der Waals surface area contributed by atoms with Gasteiger partial charge in [0.15, 0.2) is 0 Å². The molecule has 0 fully saturated rings. The summed E-state index contributed by atoms with van der Waals surface area (Å²) in [5.41, 5.74) is 7.03. The van der Waals surface area contributed by atoms with Gasteiger partial charge in [0.2, 0.25) is 0 Å². The number of hydrogen-bond donors (Lipinski definition) is 1. The van der Waals surface area contributed by atoms with Crippen LogP contribution in [0.25, 0.3) is 11.3 Å². The van der Waals surface area contributed by atoms with Gasteiger partial charge in [0.1, 0.15) is 5.83 Å². The second-order valence-corrected chi connectivity index (χ2v) is 8.82. The van der Waals surface area contributed by atoms with Gasteiger partial charge >= 0.3 is 0 Å². The molecule has 1 aromatic carbocycles. The normalized spacial score (nSPS) is 18.6. The van der Waals surface area contributed by atoms with Crippen molar-refractivity contribution < 1.29 is 9.18 Å². The van der Waals surface area contributed by atoms with Crippen LogP contribution < -0.4 is 0 Å². The smallest absolute Gasteiger partial charge is 0.255 e. The topological polar surface area (TPSA) is 49.0 Å². The Morgan fingerprint density at radius 2 is 2.14 bits per heavy atom. The molecule has 1 atom stereocenters. The van der Waals surface area contributed by atoms with Gasteiger partial charge < -0.3 is 4.90 Å². The number of aromatic amines is 1. The third-order valence-corrected chi connectivity index (χ3v) is 5.98. The summed E-state index contributed by atoms with van der Waals surface area (Å²) in [5, 5.41) is 7.74. The van der Waals surface area contributed by atoms with Gasteiger partial charge in [-0.3, -0.25) is 9.89 Å². The quantitative estimate of drug-likeness (QED) is 0.718. The Balaban J connectivity index is 1.64. The van der Waals surface area contributed by atoms with E-state index in [2.05, 4.69) is 43.3 Å². The lowest BCUT2D eigenvalue weighted by Crippen LogP contribution is -2.34. The first-order valence-electron chi connectivity index (χ1n) is 9.89. The molecule has 150 valence electrons. The SMILES string of the molecule is C=C/C(=C\C(=C)F)C(C)N1Cc2cc(-c3n[nH]c4c3CC(C)(C)C4)ccc2C1=O. The first kappa shape index (κ1) is 19.4. The van der Waals surface area contributed by atoms with E-state index >= 15 is 0 Å². The third-order valence-electron chi connectivity index (χ3n) is 5.98. The number of allylic oxidation sites excluding steroid dienone is 2. The van der Waals surface area contributed by atoms with Gasteiger partial charge in [0.25, 0.3) is 5.91 Å². The highest BCUT2D eigenvalue weighted by molar-refractivity contribution is 5.99. The lowest BCUT2D eigenvalue weighted by atomic mass is 9.90. The van der Waals surface area contributed by atoms with Crippen molar-refractivity contribution in [3.63, 3.8) is 0 Å². The minimum atomic E-state index is -0.548. The number of carbonyl (C=O) groups is 1. The molecule has 1 aliphatic heterocycles. The second-order valence-electron chi connectivity index (χ2n) is 8.82. The summed E-state index contributed by atoms with van der Waals surface area (Å²) in [6.07, 6.45) is 4.90. The van der Waals surface area contributed by atoms with Crippen LogP contribution in [0.4, 0.5) is 4.39 Å². The van der Waals surface area contributed by atoms with Crippen molar-refractivity contribution >= 4 is 5.91 Å². The van der Waals surface area contributed by atoms with Crippen LogP contribution in [0.5, 0.6) is 0 Å². The minimum absolute atomic E-state index is 0.0512. The van der Waals surface area contributed by atoms with E-state index in [9.17, 15) is 9.18 Å². The Morgan fingerprint density at radius 1 is 1.38 bits per heavy atom. The highest BCUT2D eigenvalue weighted by Gasteiger charge is 2.35. The molecule has 5 heteroatoms. The number of amides is 1. The molecule has 4 rings (SSSR count). The molecule has 29 heavy (non-hydrogen) atoms. The molecule has 4 nitrogen and oxygen atoms in total. The van der Waals surface area contributed by atoms with Crippen LogP contribution in [0.1, 0.15) is 48.0 Å². The minimum Gasteiger partial charge on any atom is -0.328 e. The molecule has 0 spiro atoms. The summed E-state index contributed by atoms with van der Waals surface area (Å²) >= 11 is 0. The van der Waals surface area contributed by atoms with E-state index in [0.29, 0.717) is 17.7 Å². The van der Waals surface area contributed by atoms with E-state index in [1.165, 1.54) is 17.3 Å². The van der Waals surface area contributed by atoms with Gasteiger partial charge in [-0.1, -0.05) is 39.1 Å². The molecule has 1 aromatic heterocycles. The molecule has 0 radical (unpaired) electrons. The van der Waals surface area contributed by atoms with E-state index in [1.807, 2.05) is 19.1 Å². The van der Waals surface area contributed by atoms with Crippen molar-refractivity contribution in [2.75, 3.05) is 0 Å². The van der Waals surface area contributed by atoms with Crippen molar-refractivity contribution in [2.45, 2.75) is 46.2 Å². The number of benzene rings is 1. The van der Waals surface area contributed by atoms with Crippen LogP contribution in [0, 0.1) is 5.41 Å². The largest absolute Gasteiger partial charge is 0.328 e. The van der Waals surface area contributed by atoms with Gasteiger partial charge in [-0.05, 0) is 54.5 Å². The predicted octanol–water partition coefficient (Wildman–Crippen LogP) is 5.14. The molecular formula is C24H26FN3O. The predicted molar refractivity (Wildman–Crippen MR) is 113 cm³/mol. The van der Waals surface area contributed by atoms with E-state index in [0.717, 1.165) is 29.7 Å². The maximum atomic E-state index is 13.3. The van der Waals surface area contributed by atoms with E-state index < -0.39 is 5.83 Å². The zero-order valence-corrected chi connectivity index (χ0v) is 17.2. The Hall–Kier alpha value is -2.95. The van der Waals surface area contributed by atoms with Gasteiger partial charge in [0, 0.05) is 28.9 Å². The second kappa shape index (κ2) is 6.83. The van der Waals surface area contributed by atoms with Crippen molar-refractivity contribution in [1.82, 2.24) is 15.1 Å². The number of nitrogens with one attached hydrogen (secondary N) is 1. The summed E-state index contributed by atoms with van der Waals surface area (Å²) in [7, 11) is 0. The molecule has 0 saturated heterocycles. The Morgan fingerprint density at radius 3 is 2.83 bits per heavy atom. The van der Waals surface area contributed by atoms with Crippen LogP contribution >= 0.6 is 0 Å². The average molecular weight is 391 g/mol. The summed E-state index contributed by atoms with van der Waals surface area (Å²) in [4.78, 5) is 14.7. The molecule has 1 unspecified atom stereocenters. The summed E-state index contributed by atoms with van der Waals surface area (Å²) in [5.74, 6) is -0.599. The maximum absolute atomic E-state index is 13.3. The molecule has 2 aromatic rings. The first-order valence-corrected chi connectivity index (χ1v) is 9.89. The zero-order valence-electron chi connectivity index (χ0n) is 17.2. The molecule has 2 aliphatic rings. The molecule has 1 aliphatic carbocycles. The number of halogens is 1. The monoisotopic (exact) mass is 391 g/mol. The van der Waals surface area contributed by atoms with E-state index in [4.69, 9.17) is 0 Å². The zero-order chi connectivity index (χ0) is 20.9. The average Bonchev–Trinajstić information content (AvgIpc) is 3.28. The van der Waals surface area contributed by atoms with Crippen LogP contribution in [0.2, 0.25) is 0 Å². The summed E-state index contributed by atoms with van der Waals surface area (Å²) in [6.45, 7) is 13.9. The Bertz CT molecular complexity index is 1060. The first-order chi connectivity index (χ1) is 13.7. The molecule has 0 saturated carbocycles. The number of nitrogens with zero attached hydrogens (tertiary/aromatic N) is 2. The lowest BCUT2D eigenvalue weighted by Gasteiger charge is -2.25. The van der Waals surface area contributed by atoms with Gasteiger partial charge in [-0.2, -0.15) is 5.10 Å². The van der Waals surface area contributed by atoms with Gasteiger partial charge in [-0.25, -0.2) is 4.39 Å². The fourth-order valence-electron chi connectivity index (χ4n) is 4.51. The van der Waals surface area contributed by atoms with Crippen molar-refractivity contribution in [3.8, 4) is 11.3 Å². The summed E-state index contributed by atoms with van der Waals surface area (Å²) < 4.78 is 13.3. The lowest BCUT2D eigenvalue weighted by molar-refractivity contribution is 0.0743. The number of carbonyl (C=O) groups excluding carboxylic acids is 1. The third kappa shape index (κ3) is 3.35. The standard InChI is InChI=1S/C24H26FN3O/c1-6-16(9-14(2)25)15(3)28-13-18-10-17(7-8-19(18)23(28)29)22-20-11-24(4,5)12-21(20)26-27-22/h6-10,15H,1-2,11-13H2,3-5H3,(H,26,27)/b16-9+. The van der Waals surface area contributed by atoms with Gasteiger partial charge in [-0.15, -0.1) is 0 Å². The van der Waals surface area contributed by atoms with Crippen molar-refractivity contribution in [3.05, 3.63) is 77.3 Å². The van der Waals surface area contributed by atoms with E-state index in [1.54, 1.807) is 11.0 Å². The molecule has 1 N–H and O–H groups in total. The van der Waals surface area contributed by atoms with Crippen LogP contribution in [-0.2, 0) is 19.4 Å². The highest BCUT2D eigenvalue weighted by atomic mass is 19.1. The number of H-pyrrole nitrogens is 1. The van der Waals surface area contributed by atoms with Gasteiger partial charge in [0.05, 0.1) is 11.7 Å². The number of aromatic nitrogens is 2. The number of rotatable bonds is 5. The van der Waals surface area contributed by atoms with E-state index in [-0.39, 0.29) is 17.4 Å². The fourth-order valence-corrected chi connectivity index (χ4v) is 4.51. The summed E-state index contributed by atoms with van der Waals surface area (Å²) in [6, 6.07) is 5.62. The molecule has 2 heterocycles. The van der Waals surface area contributed by atoms with Crippen molar-refractivity contribution in [2.24, 2.45) is 5.41 Å². The van der Waals surface area contributed by atoms with Crippen molar-refractivity contribution in [1.29, 1.82) is 0 Å². The number of fused-ring (bicyclic) bond motifs is 2. The van der Waals surface area contributed by atoms with Crippen LogP contribution in [0.15, 0.2) is 54.9 Å². The maximum Gasteiger partial charge on any atom is 0.255 e. The number of hydrogen-bond acceptors (Lipinski definition) is 2. The van der Waals surface area contributed by atoms with Crippen LogP contribution in [0.3, 0.4) is 0 Å². The molecule has 0 bridgehead atoms. The molecule has 1 amide bonds. The Kier molecular flexibility index (Phi) is 4.56. The van der Waals surface area contributed by atoms with Crippen LogP contribution in [-0.4, -0.2) is 27.0 Å². The molecular weight excluding hydrogens is 365 g/mol.